The van der Waals surface area contributed by atoms with E-state index in [0.717, 1.165) is 24.8 Å². The summed E-state index contributed by atoms with van der Waals surface area (Å²) < 4.78 is 5.88. The van der Waals surface area contributed by atoms with Crippen LogP contribution in [0.5, 0.6) is 5.75 Å². The van der Waals surface area contributed by atoms with Gasteiger partial charge in [0.1, 0.15) is 16.8 Å². The highest BCUT2D eigenvalue weighted by Gasteiger charge is 2.35. The zero-order chi connectivity index (χ0) is 21.4. The molecule has 1 aliphatic rings. The zero-order valence-corrected chi connectivity index (χ0v) is 19.1. The first-order valence-corrected chi connectivity index (χ1v) is 11.0. The van der Waals surface area contributed by atoms with E-state index in [0.29, 0.717) is 27.3 Å². The molecule has 1 atom stereocenters. The van der Waals surface area contributed by atoms with E-state index < -0.39 is 5.60 Å². The summed E-state index contributed by atoms with van der Waals surface area (Å²) in [6, 6.07) is 9.21. The molecule has 0 spiro atoms. The van der Waals surface area contributed by atoms with E-state index in [-0.39, 0.29) is 11.3 Å². The van der Waals surface area contributed by atoms with Crippen LogP contribution in [-0.2, 0) is 17.6 Å². The van der Waals surface area contributed by atoms with E-state index >= 15 is 0 Å². The van der Waals surface area contributed by atoms with Gasteiger partial charge < -0.3 is 10.1 Å². The van der Waals surface area contributed by atoms with Crippen LogP contribution in [0.3, 0.4) is 0 Å². The first-order chi connectivity index (χ1) is 13.5. The molecule has 29 heavy (non-hydrogen) atoms. The Hall–Kier alpha value is -2.03. The summed E-state index contributed by atoms with van der Waals surface area (Å²) in [7, 11) is 0. The van der Waals surface area contributed by atoms with Crippen molar-refractivity contribution in [1.82, 2.24) is 0 Å². The molecule has 4 nitrogen and oxygen atoms in total. The van der Waals surface area contributed by atoms with Gasteiger partial charge in [-0.3, -0.25) is 4.79 Å². The zero-order valence-electron chi connectivity index (χ0n) is 17.6. The van der Waals surface area contributed by atoms with Gasteiger partial charge in [0.2, 0.25) is 0 Å². The van der Waals surface area contributed by atoms with Gasteiger partial charge in [-0.05, 0) is 74.3 Å². The van der Waals surface area contributed by atoms with Crippen LogP contribution < -0.4 is 10.1 Å². The molecule has 0 aliphatic heterocycles. The molecule has 1 N–H and O–H groups in total. The predicted molar refractivity (Wildman–Crippen MR) is 119 cm³/mol. The number of thiophene rings is 1. The van der Waals surface area contributed by atoms with E-state index in [1.807, 2.05) is 0 Å². The summed E-state index contributed by atoms with van der Waals surface area (Å²) >= 11 is 7.44. The molecule has 154 valence electrons. The van der Waals surface area contributed by atoms with Gasteiger partial charge in [0, 0.05) is 9.90 Å². The average molecular weight is 431 g/mol. The number of anilines is 1. The third-order valence-corrected chi connectivity index (χ3v) is 6.98. The minimum atomic E-state index is -1.10. The largest absolute Gasteiger partial charge is 0.478 e. The smallest absolute Gasteiger partial charge is 0.268 e. The summed E-state index contributed by atoms with van der Waals surface area (Å²) in [5, 5.41) is 13.9. The molecule has 0 saturated carbocycles. The number of nitrogens with zero attached hydrogens (tertiary/aromatic N) is 1. The van der Waals surface area contributed by atoms with Crippen molar-refractivity contribution < 1.29 is 9.53 Å². The van der Waals surface area contributed by atoms with Crippen molar-refractivity contribution in [2.75, 3.05) is 5.32 Å². The first-order valence-electron chi connectivity index (χ1n) is 9.82. The second kappa shape index (κ2) is 8.01. The third-order valence-electron chi connectivity index (χ3n) is 5.56. The molecule has 3 rings (SSSR count). The van der Waals surface area contributed by atoms with Crippen LogP contribution in [0.4, 0.5) is 5.00 Å². The number of carbonyl (C=O) groups is 1. The Bertz CT molecular complexity index is 949. The van der Waals surface area contributed by atoms with Crippen molar-refractivity contribution in [2.24, 2.45) is 11.3 Å². The summed E-state index contributed by atoms with van der Waals surface area (Å²) in [6.45, 7) is 10.2. The molecule has 6 heteroatoms. The van der Waals surface area contributed by atoms with Gasteiger partial charge in [-0.2, -0.15) is 5.26 Å². The molecule has 1 aromatic heterocycles. The Balaban J connectivity index is 1.79. The molecule has 0 fully saturated rings. The number of amides is 1. The fraction of sp³-hybridized carbons (Fsp3) is 0.478. The number of rotatable bonds is 4. The number of fused-ring (bicyclic) bond motifs is 1. The fourth-order valence-electron chi connectivity index (χ4n) is 3.63. The number of nitrogens with one attached hydrogen (secondary N) is 1. The van der Waals surface area contributed by atoms with Crippen LogP contribution in [0.1, 0.15) is 57.0 Å². The van der Waals surface area contributed by atoms with Crippen molar-refractivity contribution in [3.63, 3.8) is 0 Å². The van der Waals surface area contributed by atoms with E-state index in [9.17, 15) is 10.1 Å². The van der Waals surface area contributed by atoms with Crippen LogP contribution in [0.2, 0.25) is 5.02 Å². The number of ether oxygens (including phenoxy) is 1. The molecular weight excluding hydrogens is 404 g/mol. The van der Waals surface area contributed by atoms with Crippen molar-refractivity contribution in [3.05, 3.63) is 45.3 Å². The number of halogens is 1. The van der Waals surface area contributed by atoms with E-state index in [1.165, 1.54) is 16.2 Å². The molecule has 1 heterocycles. The molecule has 1 aliphatic carbocycles. The third kappa shape index (κ3) is 4.76. The van der Waals surface area contributed by atoms with E-state index in [4.69, 9.17) is 16.3 Å². The molecular formula is C23H27ClN2O2S. The standard InChI is InChI=1S/C23H27ClN2O2S/c1-22(2,3)14-6-11-17-18(13-25)20(29-19(17)12-14)26-21(27)23(4,5)28-16-9-7-15(24)8-10-16/h7-10,14H,6,11-12H2,1-5H3,(H,26,27). The maximum atomic E-state index is 12.9. The van der Waals surface area contributed by atoms with Crippen molar-refractivity contribution in [2.45, 2.75) is 59.5 Å². The normalized spacial score (nSPS) is 16.7. The molecule has 1 amide bonds. The van der Waals surface area contributed by atoms with Crippen LogP contribution in [-0.4, -0.2) is 11.5 Å². The van der Waals surface area contributed by atoms with Crippen molar-refractivity contribution in [3.8, 4) is 11.8 Å². The number of hydrogen-bond acceptors (Lipinski definition) is 4. The topological polar surface area (TPSA) is 62.1 Å². The van der Waals surface area contributed by atoms with Crippen LogP contribution in [0.25, 0.3) is 0 Å². The van der Waals surface area contributed by atoms with Crippen LogP contribution >= 0.6 is 22.9 Å². The van der Waals surface area contributed by atoms with Crippen molar-refractivity contribution in [1.29, 1.82) is 5.26 Å². The number of hydrogen-bond donors (Lipinski definition) is 1. The highest BCUT2D eigenvalue weighted by atomic mass is 35.5. The lowest BCUT2D eigenvalue weighted by molar-refractivity contribution is -0.128. The maximum absolute atomic E-state index is 12.9. The average Bonchev–Trinajstić information content (AvgIpc) is 2.98. The lowest BCUT2D eigenvalue weighted by Crippen LogP contribution is -2.42. The van der Waals surface area contributed by atoms with Gasteiger partial charge in [0.05, 0.1) is 5.56 Å². The lowest BCUT2D eigenvalue weighted by atomic mass is 9.72. The second-order valence-electron chi connectivity index (χ2n) is 9.15. The number of benzene rings is 1. The van der Waals surface area contributed by atoms with Gasteiger partial charge in [-0.15, -0.1) is 11.3 Å². The molecule has 1 aromatic carbocycles. The highest BCUT2D eigenvalue weighted by Crippen LogP contribution is 2.44. The van der Waals surface area contributed by atoms with Crippen LogP contribution in [0, 0.1) is 22.7 Å². The minimum Gasteiger partial charge on any atom is -0.478 e. The molecule has 0 bridgehead atoms. The SMILES string of the molecule is CC(C)(Oc1ccc(Cl)cc1)C(=O)Nc1sc2c(c1C#N)CCC(C(C)(C)C)C2. The molecule has 1 unspecified atom stereocenters. The minimum absolute atomic E-state index is 0.228. The molecule has 2 aromatic rings. The summed E-state index contributed by atoms with van der Waals surface area (Å²) in [5.74, 6) is 0.858. The van der Waals surface area contributed by atoms with Gasteiger partial charge >= 0.3 is 0 Å². The van der Waals surface area contributed by atoms with E-state index in [1.54, 1.807) is 38.1 Å². The Morgan fingerprint density at radius 2 is 1.90 bits per heavy atom. The van der Waals surface area contributed by atoms with Gasteiger partial charge in [0.25, 0.3) is 5.91 Å². The highest BCUT2D eigenvalue weighted by molar-refractivity contribution is 7.16. The first kappa shape index (κ1) is 21.7. The second-order valence-corrected chi connectivity index (χ2v) is 10.7. The van der Waals surface area contributed by atoms with E-state index in [2.05, 4.69) is 32.2 Å². The maximum Gasteiger partial charge on any atom is 0.268 e. The lowest BCUT2D eigenvalue weighted by Gasteiger charge is -2.33. The van der Waals surface area contributed by atoms with Gasteiger partial charge in [-0.1, -0.05) is 32.4 Å². The summed E-state index contributed by atoms with van der Waals surface area (Å²) in [4.78, 5) is 14.2. The van der Waals surface area contributed by atoms with Crippen molar-refractivity contribution >= 4 is 33.8 Å². The summed E-state index contributed by atoms with van der Waals surface area (Å²) in [5.41, 5.74) is 0.836. The monoisotopic (exact) mass is 430 g/mol. The Morgan fingerprint density at radius 3 is 2.48 bits per heavy atom. The summed E-state index contributed by atoms with van der Waals surface area (Å²) in [6.07, 6.45) is 2.91. The fourth-order valence-corrected chi connectivity index (χ4v) is 5.03. The molecule has 0 saturated heterocycles. The van der Waals surface area contributed by atoms with Gasteiger partial charge in [0.15, 0.2) is 5.60 Å². The van der Waals surface area contributed by atoms with Crippen LogP contribution in [0.15, 0.2) is 24.3 Å². The van der Waals surface area contributed by atoms with Gasteiger partial charge in [-0.25, -0.2) is 0 Å². The molecule has 0 radical (unpaired) electrons. The Labute approximate surface area is 181 Å². The Morgan fingerprint density at radius 1 is 1.24 bits per heavy atom. The number of carbonyl (C=O) groups excluding carboxylic acids is 1. The Kier molecular flexibility index (Phi) is 5.98. The quantitative estimate of drug-likeness (QED) is 0.626. The number of nitriles is 1. The predicted octanol–water partition coefficient (Wildman–Crippen LogP) is 6.22.